The van der Waals surface area contributed by atoms with Gasteiger partial charge in [-0.25, -0.2) is 4.57 Å². The number of pyridine rings is 1. The normalized spacial score (nSPS) is 11.0. The molecule has 0 unspecified atom stereocenters. The van der Waals surface area contributed by atoms with Gasteiger partial charge in [0.25, 0.3) is 0 Å². The van der Waals surface area contributed by atoms with Crippen LogP contribution in [0.2, 0.25) is 0 Å². The van der Waals surface area contributed by atoms with Crippen molar-refractivity contribution in [2.45, 2.75) is 20.8 Å². The SMILES string of the molecule is Cc1cc(C)c(C)c(-c2nc3ccncc3c[n+]2C)c1. The molecule has 2 heterocycles. The summed E-state index contributed by atoms with van der Waals surface area (Å²) < 4.78 is 2.07. The van der Waals surface area contributed by atoms with Gasteiger partial charge in [-0.3, -0.25) is 4.98 Å². The number of rotatable bonds is 1. The highest BCUT2D eigenvalue weighted by Gasteiger charge is 2.18. The molecule has 0 spiro atoms. The number of aromatic nitrogens is 3. The van der Waals surface area contributed by atoms with E-state index in [4.69, 9.17) is 4.98 Å². The molecule has 0 fully saturated rings. The number of fused-ring (bicyclic) bond motifs is 1. The van der Waals surface area contributed by atoms with Gasteiger partial charge in [-0.1, -0.05) is 6.07 Å². The van der Waals surface area contributed by atoms with E-state index in [0.717, 1.165) is 16.7 Å². The minimum Gasteiger partial charge on any atom is -0.264 e. The van der Waals surface area contributed by atoms with E-state index in [1.54, 1.807) is 6.20 Å². The van der Waals surface area contributed by atoms with Gasteiger partial charge in [0.2, 0.25) is 0 Å². The van der Waals surface area contributed by atoms with Crippen LogP contribution in [0.5, 0.6) is 0 Å². The van der Waals surface area contributed by atoms with Crippen LogP contribution in [0.1, 0.15) is 16.7 Å². The van der Waals surface area contributed by atoms with Crippen molar-refractivity contribution >= 4 is 10.9 Å². The molecule has 100 valence electrons. The fourth-order valence-electron chi connectivity index (χ4n) is 2.59. The first kappa shape index (κ1) is 12.7. The van der Waals surface area contributed by atoms with E-state index in [1.165, 1.54) is 22.3 Å². The van der Waals surface area contributed by atoms with Crippen molar-refractivity contribution in [3.63, 3.8) is 0 Å². The highest BCUT2D eigenvalue weighted by atomic mass is 15.0. The summed E-state index contributed by atoms with van der Waals surface area (Å²) in [6.45, 7) is 6.43. The van der Waals surface area contributed by atoms with Gasteiger partial charge >= 0.3 is 5.82 Å². The third-order valence-electron chi connectivity index (χ3n) is 3.77. The predicted octanol–water partition coefficient (Wildman–Crippen LogP) is 3.05. The van der Waals surface area contributed by atoms with Crippen LogP contribution < -0.4 is 4.57 Å². The summed E-state index contributed by atoms with van der Waals surface area (Å²) in [7, 11) is 2.03. The molecule has 0 aliphatic heterocycles. The summed E-state index contributed by atoms with van der Waals surface area (Å²) >= 11 is 0. The standard InChI is InChI=1S/C17H18N3/c1-11-7-12(2)13(3)15(8-11)17-19-16-5-6-18-9-14(16)10-20(17)4/h5-10H,1-4H3/q+1. The summed E-state index contributed by atoms with van der Waals surface area (Å²) in [6.07, 6.45) is 5.72. The van der Waals surface area contributed by atoms with Gasteiger partial charge in [-0.05, 0) is 48.5 Å². The van der Waals surface area contributed by atoms with Crippen LogP contribution in [0.4, 0.5) is 0 Å². The molecule has 0 atom stereocenters. The zero-order chi connectivity index (χ0) is 14.3. The van der Waals surface area contributed by atoms with E-state index in [9.17, 15) is 0 Å². The van der Waals surface area contributed by atoms with Gasteiger partial charge < -0.3 is 0 Å². The highest BCUT2D eigenvalue weighted by molar-refractivity contribution is 5.77. The van der Waals surface area contributed by atoms with Crippen molar-refractivity contribution in [2.24, 2.45) is 7.05 Å². The molecular weight excluding hydrogens is 246 g/mol. The van der Waals surface area contributed by atoms with Gasteiger partial charge in [0.15, 0.2) is 5.52 Å². The number of hydrogen-bond acceptors (Lipinski definition) is 2. The van der Waals surface area contributed by atoms with Gasteiger partial charge in [0.05, 0.1) is 18.0 Å². The van der Waals surface area contributed by atoms with Gasteiger partial charge in [0.1, 0.15) is 6.20 Å². The largest absolute Gasteiger partial charge is 0.331 e. The molecule has 0 aliphatic carbocycles. The maximum atomic E-state index is 4.81. The summed E-state index contributed by atoms with van der Waals surface area (Å²) in [6, 6.07) is 6.37. The van der Waals surface area contributed by atoms with Crippen molar-refractivity contribution in [3.05, 3.63) is 53.5 Å². The molecule has 0 N–H and O–H groups in total. The lowest BCUT2D eigenvalue weighted by molar-refractivity contribution is -0.661. The third-order valence-corrected chi connectivity index (χ3v) is 3.77. The molecule has 2 aromatic heterocycles. The molecule has 0 amide bonds. The number of benzene rings is 1. The molecule has 1 aromatic carbocycles. The molecule has 3 heteroatoms. The topological polar surface area (TPSA) is 29.7 Å². The van der Waals surface area contributed by atoms with E-state index < -0.39 is 0 Å². The maximum Gasteiger partial charge on any atom is 0.331 e. The third kappa shape index (κ3) is 2.05. The quantitative estimate of drug-likeness (QED) is 0.632. The van der Waals surface area contributed by atoms with E-state index >= 15 is 0 Å². The lowest BCUT2D eigenvalue weighted by Gasteiger charge is -2.08. The van der Waals surface area contributed by atoms with Crippen LogP contribution in [0.15, 0.2) is 36.8 Å². The molecule has 3 nitrogen and oxygen atoms in total. The number of aryl methyl sites for hydroxylation is 3. The van der Waals surface area contributed by atoms with Crippen LogP contribution in [-0.4, -0.2) is 9.97 Å². The average molecular weight is 264 g/mol. The van der Waals surface area contributed by atoms with E-state index in [0.29, 0.717) is 0 Å². The molecule has 0 saturated carbocycles. The Balaban J connectivity index is 2.32. The minimum atomic E-state index is 0.978. The molecule has 0 saturated heterocycles. The summed E-state index contributed by atoms with van der Waals surface area (Å²) in [5.41, 5.74) is 6.03. The first-order valence-electron chi connectivity index (χ1n) is 6.75. The Kier molecular flexibility index (Phi) is 2.97. The van der Waals surface area contributed by atoms with Gasteiger partial charge in [-0.2, -0.15) is 0 Å². The van der Waals surface area contributed by atoms with Crippen LogP contribution >= 0.6 is 0 Å². The monoisotopic (exact) mass is 264 g/mol. The van der Waals surface area contributed by atoms with Crippen molar-refractivity contribution in [1.82, 2.24) is 9.97 Å². The Morgan fingerprint density at radius 1 is 1.10 bits per heavy atom. The van der Waals surface area contributed by atoms with Crippen molar-refractivity contribution < 1.29 is 4.57 Å². The average Bonchev–Trinajstić information content (AvgIpc) is 2.42. The van der Waals surface area contributed by atoms with E-state index in [-0.39, 0.29) is 0 Å². The van der Waals surface area contributed by atoms with Crippen LogP contribution in [0.3, 0.4) is 0 Å². The van der Waals surface area contributed by atoms with E-state index in [2.05, 4.69) is 48.7 Å². The van der Waals surface area contributed by atoms with Crippen LogP contribution in [0, 0.1) is 20.8 Å². The van der Waals surface area contributed by atoms with Crippen LogP contribution in [0.25, 0.3) is 22.3 Å². The second-order valence-electron chi connectivity index (χ2n) is 5.36. The molecule has 20 heavy (non-hydrogen) atoms. The summed E-state index contributed by atoms with van der Waals surface area (Å²) in [5, 5.41) is 1.06. The maximum absolute atomic E-state index is 4.81. The fraction of sp³-hybridized carbons (Fsp3) is 0.235. The van der Waals surface area contributed by atoms with E-state index in [1.807, 2.05) is 19.3 Å². The Morgan fingerprint density at radius 2 is 1.90 bits per heavy atom. The van der Waals surface area contributed by atoms with Gasteiger partial charge in [0, 0.05) is 18.5 Å². The fourth-order valence-corrected chi connectivity index (χ4v) is 2.59. The lowest BCUT2D eigenvalue weighted by atomic mass is 9.99. The molecule has 0 aliphatic rings. The summed E-state index contributed by atoms with van der Waals surface area (Å²) in [4.78, 5) is 8.96. The molecule has 0 radical (unpaired) electrons. The molecule has 3 aromatic rings. The minimum absolute atomic E-state index is 0.978. The second kappa shape index (κ2) is 4.67. The molecular formula is C17H18N3+. The zero-order valence-electron chi connectivity index (χ0n) is 12.3. The smallest absolute Gasteiger partial charge is 0.264 e. The first-order chi connectivity index (χ1) is 9.56. The summed E-state index contributed by atoms with van der Waals surface area (Å²) in [5.74, 6) is 0.994. The lowest BCUT2D eigenvalue weighted by Crippen LogP contribution is -2.32. The Morgan fingerprint density at radius 3 is 2.70 bits per heavy atom. The van der Waals surface area contributed by atoms with Gasteiger partial charge in [-0.15, -0.1) is 0 Å². The Hall–Kier alpha value is -2.29. The Bertz CT molecular complexity index is 807. The first-order valence-corrected chi connectivity index (χ1v) is 6.75. The molecule has 3 rings (SSSR count). The Labute approximate surface area is 118 Å². The zero-order valence-corrected chi connectivity index (χ0v) is 12.3. The molecule has 0 bridgehead atoms. The highest BCUT2D eigenvalue weighted by Crippen LogP contribution is 2.24. The number of nitrogens with zero attached hydrogens (tertiary/aromatic N) is 3. The number of hydrogen-bond donors (Lipinski definition) is 0. The predicted molar refractivity (Wildman–Crippen MR) is 80.4 cm³/mol. The van der Waals surface area contributed by atoms with Crippen molar-refractivity contribution in [2.75, 3.05) is 0 Å². The van der Waals surface area contributed by atoms with Crippen molar-refractivity contribution in [3.8, 4) is 11.4 Å². The van der Waals surface area contributed by atoms with Crippen molar-refractivity contribution in [1.29, 1.82) is 0 Å². The second-order valence-corrected chi connectivity index (χ2v) is 5.36. The van der Waals surface area contributed by atoms with Crippen LogP contribution in [-0.2, 0) is 7.05 Å².